The summed E-state index contributed by atoms with van der Waals surface area (Å²) in [5.41, 5.74) is 0. The smallest absolute Gasteiger partial charge is 0.201 e. The Kier molecular flexibility index (Phi) is 6.22. The molecule has 1 aliphatic rings. The average Bonchev–Trinajstić information content (AvgIpc) is 2.45. The van der Waals surface area contributed by atoms with Crippen LogP contribution in [0, 0.1) is 0 Å². The van der Waals surface area contributed by atoms with Gasteiger partial charge in [0.25, 0.3) is 0 Å². The van der Waals surface area contributed by atoms with E-state index in [0.29, 0.717) is 6.61 Å². The first-order valence-corrected chi connectivity index (χ1v) is 13.5. The van der Waals surface area contributed by atoms with Crippen LogP contribution in [0.4, 0.5) is 0 Å². The topological polar surface area (TPSA) is 30.9 Å². The maximum absolute atomic E-state index is 6.33. The van der Waals surface area contributed by atoms with Crippen LogP contribution in [0.2, 0.25) is 26.2 Å². The zero-order chi connectivity index (χ0) is 16.2. The Balaban J connectivity index is 1.99. The number of hydrogen-bond donors (Lipinski definition) is 0. The van der Waals surface area contributed by atoms with Gasteiger partial charge in [-0.15, -0.1) is 0 Å². The fourth-order valence-corrected chi connectivity index (χ4v) is 7.04. The molecule has 0 bridgehead atoms. The van der Waals surface area contributed by atoms with Gasteiger partial charge in [0, 0.05) is 19.8 Å². The lowest BCUT2D eigenvalue weighted by atomic mass is 10.3. The molecule has 2 rings (SSSR count). The van der Waals surface area contributed by atoms with Crippen LogP contribution >= 0.6 is 0 Å². The molecule has 1 aromatic carbocycles. The van der Waals surface area contributed by atoms with Gasteiger partial charge in [0.05, 0.1) is 20.8 Å². The molecule has 0 saturated carbocycles. The van der Waals surface area contributed by atoms with E-state index in [2.05, 4.69) is 31.1 Å². The van der Waals surface area contributed by atoms with Crippen molar-refractivity contribution in [3.8, 4) is 5.75 Å². The Bertz CT molecular complexity index is 456. The predicted octanol–water partition coefficient (Wildman–Crippen LogP) is 2.78. The number of benzene rings is 1. The second-order valence-electron chi connectivity index (χ2n) is 6.72. The fourth-order valence-electron chi connectivity index (χ4n) is 3.06. The van der Waals surface area contributed by atoms with Crippen molar-refractivity contribution in [3.05, 3.63) is 30.3 Å². The van der Waals surface area contributed by atoms with Crippen LogP contribution in [0.25, 0.3) is 0 Å². The summed E-state index contributed by atoms with van der Waals surface area (Å²) in [5, 5.41) is 0. The largest absolute Gasteiger partial charge is 0.491 e. The number of para-hydroxylation sites is 1. The third kappa shape index (κ3) is 4.92. The Morgan fingerprint density at radius 3 is 2.59 bits per heavy atom. The van der Waals surface area contributed by atoms with Gasteiger partial charge < -0.3 is 13.9 Å². The van der Waals surface area contributed by atoms with Crippen molar-refractivity contribution in [1.29, 1.82) is 0 Å². The lowest BCUT2D eigenvalue weighted by molar-refractivity contribution is -0.0231. The monoisotopic (exact) mass is 338 g/mol. The molecule has 4 nitrogen and oxygen atoms in total. The van der Waals surface area contributed by atoms with E-state index >= 15 is 0 Å². The second kappa shape index (κ2) is 7.74. The molecule has 0 N–H and O–H groups in total. The number of rotatable bonds is 6. The van der Waals surface area contributed by atoms with Gasteiger partial charge in [-0.05, 0) is 25.2 Å². The summed E-state index contributed by atoms with van der Waals surface area (Å²) in [7, 11) is -0.409. The number of methoxy groups -OCH3 is 1. The summed E-state index contributed by atoms with van der Waals surface area (Å²) >= 11 is 0. The molecular formula is C16H28NO3Si2. The van der Waals surface area contributed by atoms with Crippen molar-refractivity contribution in [3.63, 3.8) is 0 Å². The lowest BCUT2D eigenvalue weighted by Gasteiger charge is -2.45. The zero-order valence-corrected chi connectivity index (χ0v) is 16.3. The minimum Gasteiger partial charge on any atom is -0.491 e. The molecule has 1 aromatic rings. The molecule has 123 valence electrons. The molecule has 1 saturated heterocycles. The van der Waals surface area contributed by atoms with Gasteiger partial charge in [-0.3, -0.25) is 4.90 Å². The summed E-state index contributed by atoms with van der Waals surface area (Å²) in [6.45, 7) is 10.6. The number of nitrogens with zero attached hydrogens (tertiary/aromatic N) is 1. The van der Waals surface area contributed by atoms with Gasteiger partial charge >= 0.3 is 0 Å². The highest BCUT2D eigenvalue weighted by atomic mass is 28.4. The molecule has 2 unspecified atom stereocenters. The van der Waals surface area contributed by atoms with E-state index in [1.807, 2.05) is 37.4 Å². The van der Waals surface area contributed by atoms with Crippen LogP contribution in [0.5, 0.6) is 5.75 Å². The standard InChI is InChI=1S/C16H28NO3Si2/c1-18-16(21(2)3)17-11-15(20-22(4,5)13-17)12-19-14-9-7-6-8-10-14/h6-10,15-16H,11-13H2,1-5H3. The van der Waals surface area contributed by atoms with Gasteiger partial charge in [-0.2, -0.15) is 0 Å². The SMILES string of the molecule is COC(N1CC(COc2ccccc2)O[Si](C)(C)C1)[Si](C)C. The highest BCUT2D eigenvalue weighted by Gasteiger charge is 2.39. The van der Waals surface area contributed by atoms with Crippen LogP contribution in [-0.4, -0.2) is 60.4 Å². The van der Waals surface area contributed by atoms with Crippen LogP contribution in [0.3, 0.4) is 0 Å². The Morgan fingerprint density at radius 1 is 1.32 bits per heavy atom. The summed E-state index contributed by atoms with van der Waals surface area (Å²) < 4.78 is 18.0. The lowest BCUT2D eigenvalue weighted by Crippen LogP contribution is -2.62. The first-order chi connectivity index (χ1) is 10.4. The molecule has 1 radical (unpaired) electrons. The maximum Gasteiger partial charge on any atom is 0.201 e. The van der Waals surface area contributed by atoms with Crippen molar-refractivity contribution in [2.45, 2.75) is 38.1 Å². The number of hydrogen-bond acceptors (Lipinski definition) is 4. The van der Waals surface area contributed by atoms with Gasteiger partial charge in [-0.1, -0.05) is 31.3 Å². The minimum atomic E-state index is -1.70. The third-order valence-electron chi connectivity index (χ3n) is 3.74. The quantitative estimate of drug-likeness (QED) is 0.746. The second-order valence-corrected chi connectivity index (χ2v) is 13.4. The fraction of sp³-hybridized carbons (Fsp3) is 0.625. The van der Waals surface area contributed by atoms with Crippen LogP contribution in [-0.2, 0) is 9.16 Å². The molecule has 1 fully saturated rings. The molecule has 0 aromatic heterocycles. The minimum absolute atomic E-state index is 0.120. The van der Waals surface area contributed by atoms with E-state index in [9.17, 15) is 0 Å². The molecule has 0 aliphatic carbocycles. The molecular weight excluding hydrogens is 310 g/mol. The third-order valence-corrected chi connectivity index (χ3v) is 7.46. The molecule has 1 heterocycles. The Labute approximate surface area is 137 Å². The highest BCUT2D eigenvalue weighted by molar-refractivity contribution is 6.71. The van der Waals surface area contributed by atoms with Crippen LogP contribution < -0.4 is 4.74 Å². The van der Waals surface area contributed by atoms with Crippen molar-refractivity contribution in [1.82, 2.24) is 4.90 Å². The molecule has 1 aliphatic heterocycles. The van der Waals surface area contributed by atoms with Gasteiger partial charge in [0.15, 0.2) is 0 Å². The summed E-state index contributed by atoms with van der Waals surface area (Å²) in [6.07, 6.45) is 1.15. The van der Waals surface area contributed by atoms with Gasteiger partial charge in [0.2, 0.25) is 8.32 Å². The van der Waals surface area contributed by atoms with Crippen molar-refractivity contribution in [2.75, 3.05) is 26.4 Å². The van der Waals surface area contributed by atoms with Crippen molar-refractivity contribution >= 4 is 17.1 Å². The van der Waals surface area contributed by atoms with Gasteiger partial charge in [0.1, 0.15) is 12.4 Å². The number of ether oxygens (including phenoxy) is 2. The summed E-state index contributed by atoms with van der Waals surface area (Å²) in [6, 6.07) is 9.95. The summed E-state index contributed by atoms with van der Waals surface area (Å²) in [4.78, 5) is 2.48. The van der Waals surface area contributed by atoms with Crippen LogP contribution in [0.1, 0.15) is 0 Å². The molecule has 0 amide bonds. The van der Waals surface area contributed by atoms with E-state index in [1.165, 1.54) is 0 Å². The van der Waals surface area contributed by atoms with Crippen LogP contribution in [0.15, 0.2) is 30.3 Å². The normalized spacial score (nSPS) is 23.5. The van der Waals surface area contributed by atoms with E-state index in [-0.39, 0.29) is 12.0 Å². The van der Waals surface area contributed by atoms with Crippen molar-refractivity contribution < 1.29 is 13.9 Å². The van der Waals surface area contributed by atoms with E-state index < -0.39 is 17.1 Å². The predicted molar refractivity (Wildman–Crippen MR) is 94.1 cm³/mol. The van der Waals surface area contributed by atoms with Crippen molar-refractivity contribution in [2.24, 2.45) is 0 Å². The summed E-state index contributed by atoms with van der Waals surface area (Å²) in [5.74, 6) is 1.15. The first kappa shape index (κ1) is 17.7. The zero-order valence-electron chi connectivity index (χ0n) is 14.3. The Hall–Kier alpha value is -0.666. The molecule has 2 atom stereocenters. The van der Waals surface area contributed by atoms with E-state index in [0.717, 1.165) is 18.5 Å². The van der Waals surface area contributed by atoms with Gasteiger partial charge in [-0.25, -0.2) is 0 Å². The molecule has 6 heteroatoms. The highest BCUT2D eigenvalue weighted by Crippen LogP contribution is 2.22. The Morgan fingerprint density at radius 2 is 2.00 bits per heavy atom. The first-order valence-electron chi connectivity index (χ1n) is 7.84. The molecule has 22 heavy (non-hydrogen) atoms. The average molecular weight is 339 g/mol. The molecule has 0 spiro atoms. The maximum atomic E-state index is 6.33. The van der Waals surface area contributed by atoms with E-state index in [4.69, 9.17) is 13.9 Å². The van der Waals surface area contributed by atoms with E-state index in [1.54, 1.807) is 0 Å².